The molecule has 4 aromatic carbocycles. The van der Waals surface area contributed by atoms with Crippen LogP contribution in [-0.4, -0.2) is 18.3 Å². The molecule has 0 aliphatic heterocycles. The molecule has 30 heavy (non-hydrogen) atoms. The van der Waals surface area contributed by atoms with Crippen LogP contribution in [0.1, 0.15) is 13.8 Å². The molecule has 0 heterocycles. The molecule has 5 nitrogen and oxygen atoms in total. The lowest BCUT2D eigenvalue weighted by atomic mass is 9.92. The monoisotopic (exact) mass is 422 g/mol. The molecule has 154 valence electrons. The minimum absolute atomic E-state index is 0.109. The summed E-state index contributed by atoms with van der Waals surface area (Å²) in [6.45, 7) is 3.82. The zero-order chi connectivity index (χ0) is 21.1. The lowest BCUT2D eigenvalue weighted by Gasteiger charge is -2.21. The number of phosphoric acid groups is 1. The van der Waals surface area contributed by atoms with E-state index in [1.54, 1.807) is 26.0 Å². The molecule has 0 amide bonds. The number of hydrogen-bond donors (Lipinski definition) is 1. The number of phenolic OH excluding ortho intramolecular Hbond substituents is 1. The molecule has 0 atom stereocenters. The molecule has 0 bridgehead atoms. The maximum absolute atomic E-state index is 13.1. The molecule has 0 aromatic heterocycles. The van der Waals surface area contributed by atoms with Crippen molar-refractivity contribution in [1.29, 1.82) is 0 Å². The number of benzene rings is 4. The zero-order valence-electron chi connectivity index (χ0n) is 16.9. The summed E-state index contributed by atoms with van der Waals surface area (Å²) >= 11 is 0. The molecule has 0 spiro atoms. The average Bonchev–Trinajstić information content (AvgIpc) is 2.74. The van der Waals surface area contributed by atoms with Gasteiger partial charge in [-0.3, -0.25) is 9.05 Å². The third-order valence-electron chi connectivity index (χ3n) is 4.83. The van der Waals surface area contributed by atoms with E-state index in [1.807, 2.05) is 60.7 Å². The van der Waals surface area contributed by atoms with Crippen LogP contribution in [0.2, 0.25) is 0 Å². The van der Waals surface area contributed by atoms with Crippen molar-refractivity contribution in [2.24, 2.45) is 0 Å². The van der Waals surface area contributed by atoms with Gasteiger partial charge in [0.25, 0.3) is 0 Å². The summed E-state index contributed by atoms with van der Waals surface area (Å²) in [7, 11) is -3.82. The number of hydrogen-bond acceptors (Lipinski definition) is 5. The molecule has 0 aliphatic carbocycles. The van der Waals surface area contributed by atoms with Gasteiger partial charge in [-0.25, -0.2) is 4.57 Å². The first kappa shape index (κ1) is 20.4. The predicted molar refractivity (Wildman–Crippen MR) is 120 cm³/mol. The highest BCUT2D eigenvalue weighted by molar-refractivity contribution is 7.48. The van der Waals surface area contributed by atoms with Gasteiger partial charge in [0.1, 0.15) is 11.5 Å². The summed E-state index contributed by atoms with van der Waals surface area (Å²) in [5.41, 5.74) is 1.25. The third kappa shape index (κ3) is 3.80. The van der Waals surface area contributed by atoms with E-state index < -0.39 is 7.82 Å². The van der Waals surface area contributed by atoms with Crippen molar-refractivity contribution < 1.29 is 23.2 Å². The molecule has 0 fully saturated rings. The number of fused-ring (bicyclic) bond motifs is 2. The van der Waals surface area contributed by atoms with E-state index in [4.69, 9.17) is 13.6 Å². The smallest absolute Gasteiger partial charge is 0.507 e. The summed E-state index contributed by atoms with van der Waals surface area (Å²) in [5, 5.41) is 14.5. The Morgan fingerprint density at radius 1 is 0.733 bits per heavy atom. The van der Waals surface area contributed by atoms with Crippen LogP contribution in [0, 0.1) is 0 Å². The first-order valence-corrected chi connectivity index (χ1v) is 11.3. The van der Waals surface area contributed by atoms with Gasteiger partial charge in [-0.1, -0.05) is 60.7 Å². The Morgan fingerprint density at radius 3 is 1.87 bits per heavy atom. The van der Waals surface area contributed by atoms with E-state index >= 15 is 0 Å². The molecular weight excluding hydrogens is 399 g/mol. The van der Waals surface area contributed by atoms with Crippen molar-refractivity contribution in [3.63, 3.8) is 0 Å². The van der Waals surface area contributed by atoms with E-state index in [9.17, 15) is 9.67 Å². The second-order valence-electron chi connectivity index (χ2n) is 6.71. The lowest BCUT2D eigenvalue weighted by molar-refractivity contribution is 0.168. The topological polar surface area (TPSA) is 65.0 Å². The number of rotatable bonds is 7. The second kappa shape index (κ2) is 8.49. The van der Waals surface area contributed by atoms with Gasteiger partial charge < -0.3 is 9.63 Å². The van der Waals surface area contributed by atoms with Gasteiger partial charge in [0.2, 0.25) is 0 Å². The number of phenols is 1. The standard InChI is InChI=1S/C24H23O5P/c1-3-27-30(26,28-4-2)29-22-16-14-18-10-6-8-12-20(18)24(22)23-19-11-7-5-9-17(19)13-15-21(23)25/h5-16,25H,3-4H2,1-2H3. The van der Waals surface area contributed by atoms with Crippen molar-refractivity contribution in [3.8, 4) is 22.6 Å². The van der Waals surface area contributed by atoms with Gasteiger partial charge in [0.05, 0.1) is 13.2 Å². The van der Waals surface area contributed by atoms with Crippen LogP contribution in [-0.2, 0) is 13.6 Å². The molecule has 0 saturated heterocycles. The molecule has 0 saturated carbocycles. The molecule has 0 unspecified atom stereocenters. The first-order valence-electron chi connectivity index (χ1n) is 9.88. The first-order chi connectivity index (χ1) is 14.6. The van der Waals surface area contributed by atoms with E-state index in [-0.39, 0.29) is 19.0 Å². The minimum Gasteiger partial charge on any atom is -0.507 e. The van der Waals surface area contributed by atoms with Crippen LogP contribution in [0.4, 0.5) is 0 Å². The highest BCUT2D eigenvalue weighted by atomic mass is 31.2. The van der Waals surface area contributed by atoms with Crippen LogP contribution < -0.4 is 4.52 Å². The molecular formula is C24H23O5P. The number of phosphoric ester groups is 1. The molecule has 0 radical (unpaired) electrons. The Hall–Kier alpha value is -2.85. The average molecular weight is 422 g/mol. The highest BCUT2D eigenvalue weighted by Gasteiger charge is 2.30. The Morgan fingerprint density at radius 2 is 1.27 bits per heavy atom. The van der Waals surface area contributed by atoms with Gasteiger partial charge in [0.15, 0.2) is 0 Å². The molecule has 6 heteroatoms. The maximum Gasteiger partial charge on any atom is 0.530 e. The normalized spacial score (nSPS) is 11.8. The summed E-state index contributed by atoms with van der Waals surface area (Å²) in [6, 6.07) is 22.7. The molecule has 0 aliphatic rings. The highest BCUT2D eigenvalue weighted by Crippen LogP contribution is 2.54. The molecule has 4 rings (SSSR count). The fourth-order valence-electron chi connectivity index (χ4n) is 3.63. The van der Waals surface area contributed by atoms with Crippen molar-refractivity contribution >= 4 is 29.4 Å². The summed E-state index contributed by atoms with van der Waals surface area (Å²) in [5.74, 6) is 0.433. The lowest BCUT2D eigenvalue weighted by Crippen LogP contribution is -2.03. The Bertz CT molecular complexity index is 1240. The zero-order valence-corrected chi connectivity index (χ0v) is 17.8. The van der Waals surface area contributed by atoms with Gasteiger partial charge >= 0.3 is 7.82 Å². The van der Waals surface area contributed by atoms with Crippen LogP contribution in [0.25, 0.3) is 32.7 Å². The van der Waals surface area contributed by atoms with Crippen LogP contribution in [0.5, 0.6) is 11.5 Å². The fraction of sp³-hybridized carbons (Fsp3) is 0.167. The SMILES string of the molecule is CCOP(=O)(OCC)Oc1ccc2ccccc2c1-c1c(O)ccc2ccccc12. The van der Waals surface area contributed by atoms with Crippen molar-refractivity contribution in [1.82, 2.24) is 0 Å². The van der Waals surface area contributed by atoms with Crippen molar-refractivity contribution in [3.05, 3.63) is 72.8 Å². The van der Waals surface area contributed by atoms with Crippen LogP contribution in [0.3, 0.4) is 0 Å². The minimum atomic E-state index is -3.82. The van der Waals surface area contributed by atoms with E-state index in [0.717, 1.165) is 21.5 Å². The predicted octanol–water partition coefficient (Wildman–Crippen LogP) is 6.93. The fourth-order valence-corrected chi connectivity index (χ4v) is 4.84. The maximum atomic E-state index is 13.1. The quantitative estimate of drug-likeness (QED) is 0.327. The molecule has 4 aromatic rings. The summed E-state index contributed by atoms with van der Waals surface area (Å²) < 4.78 is 29.7. The van der Waals surface area contributed by atoms with Crippen LogP contribution in [0.15, 0.2) is 72.8 Å². The summed E-state index contributed by atoms with van der Waals surface area (Å²) in [6.07, 6.45) is 0. The van der Waals surface area contributed by atoms with Gasteiger partial charge in [0, 0.05) is 11.1 Å². The van der Waals surface area contributed by atoms with Crippen LogP contribution >= 0.6 is 7.82 Å². The van der Waals surface area contributed by atoms with Gasteiger partial charge in [-0.05, 0) is 47.5 Å². The largest absolute Gasteiger partial charge is 0.530 e. The molecule has 1 N–H and O–H groups in total. The Labute approximate surface area is 175 Å². The van der Waals surface area contributed by atoms with Crippen molar-refractivity contribution in [2.45, 2.75) is 13.8 Å². The van der Waals surface area contributed by atoms with Crippen molar-refractivity contribution in [2.75, 3.05) is 13.2 Å². The summed E-state index contributed by atoms with van der Waals surface area (Å²) in [4.78, 5) is 0. The van der Waals surface area contributed by atoms with Gasteiger partial charge in [-0.2, -0.15) is 0 Å². The van der Waals surface area contributed by atoms with E-state index in [1.165, 1.54) is 0 Å². The Kier molecular flexibility index (Phi) is 5.78. The second-order valence-corrected chi connectivity index (χ2v) is 8.31. The van der Waals surface area contributed by atoms with Gasteiger partial charge in [-0.15, -0.1) is 0 Å². The van der Waals surface area contributed by atoms with E-state index in [0.29, 0.717) is 16.9 Å². The number of aromatic hydroxyl groups is 1. The Balaban J connectivity index is 2.03. The third-order valence-corrected chi connectivity index (χ3v) is 6.40. The van der Waals surface area contributed by atoms with E-state index in [2.05, 4.69) is 0 Å².